The van der Waals surface area contributed by atoms with Crippen LogP contribution in [0, 0.1) is 5.92 Å². The van der Waals surface area contributed by atoms with Gasteiger partial charge >= 0.3 is 0 Å². The number of ether oxygens (including phenoxy) is 2. The van der Waals surface area contributed by atoms with Gasteiger partial charge in [0.15, 0.2) is 0 Å². The Kier molecular flexibility index (Phi) is 5.83. The molecule has 1 aliphatic rings. The third-order valence-electron chi connectivity index (χ3n) is 3.74. The molecular weight excluding hydrogens is 238 g/mol. The Balaban J connectivity index is 1.74. The predicted molar refractivity (Wildman–Crippen MR) is 77.1 cm³/mol. The predicted octanol–water partition coefficient (Wildman–Crippen LogP) is 2.56. The average molecular weight is 263 g/mol. The molecule has 0 aromatic heterocycles. The second kappa shape index (κ2) is 7.63. The van der Waals surface area contributed by atoms with Crippen LogP contribution in [-0.4, -0.2) is 44.4 Å². The lowest BCUT2D eigenvalue weighted by Crippen LogP contribution is -2.35. The summed E-state index contributed by atoms with van der Waals surface area (Å²) in [4.78, 5) is 2.50. The largest absolute Gasteiger partial charge is 0.383 e. The summed E-state index contributed by atoms with van der Waals surface area (Å²) in [5, 5.41) is 0. The van der Waals surface area contributed by atoms with E-state index in [1.165, 1.54) is 18.5 Å². The summed E-state index contributed by atoms with van der Waals surface area (Å²) in [6, 6.07) is 10.9. The number of likely N-dealkylation sites (tertiary alicyclic amines) is 1. The highest BCUT2D eigenvalue weighted by atomic mass is 16.5. The first-order valence-electron chi connectivity index (χ1n) is 7.14. The Labute approximate surface area is 116 Å². The lowest BCUT2D eigenvalue weighted by atomic mass is 10.1. The quantitative estimate of drug-likeness (QED) is 0.754. The molecular formula is C16H25NO2. The van der Waals surface area contributed by atoms with Crippen LogP contribution in [-0.2, 0) is 16.1 Å². The van der Waals surface area contributed by atoms with Crippen LogP contribution < -0.4 is 0 Å². The molecule has 1 saturated heterocycles. The Bertz CT molecular complexity index is 355. The summed E-state index contributed by atoms with van der Waals surface area (Å²) in [5.74, 6) is 0.766. The molecule has 1 aromatic carbocycles. The summed E-state index contributed by atoms with van der Waals surface area (Å²) in [7, 11) is 1.76. The number of rotatable bonds is 7. The number of benzene rings is 1. The fourth-order valence-corrected chi connectivity index (χ4v) is 2.78. The molecule has 0 amide bonds. The summed E-state index contributed by atoms with van der Waals surface area (Å²) < 4.78 is 11.1. The molecule has 0 radical (unpaired) electrons. The lowest BCUT2D eigenvalue weighted by Gasteiger charge is -2.23. The van der Waals surface area contributed by atoms with Crippen molar-refractivity contribution in [2.45, 2.75) is 26.0 Å². The van der Waals surface area contributed by atoms with Crippen LogP contribution in [0.5, 0.6) is 0 Å². The van der Waals surface area contributed by atoms with E-state index in [0.717, 1.165) is 25.7 Å². The van der Waals surface area contributed by atoms with Crippen molar-refractivity contribution in [3.8, 4) is 0 Å². The van der Waals surface area contributed by atoms with Crippen molar-refractivity contribution in [3.05, 3.63) is 35.9 Å². The van der Waals surface area contributed by atoms with Crippen molar-refractivity contribution < 1.29 is 9.47 Å². The van der Waals surface area contributed by atoms with Crippen LogP contribution in [0.2, 0.25) is 0 Å². The van der Waals surface area contributed by atoms with Crippen LogP contribution in [0.1, 0.15) is 18.9 Å². The first-order chi connectivity index (χ1) is 9.29. The molecule has 0 saturated carbocycles. The molecule has 0 N–H and O–H groups in total. The second-order valence-electron chi connectivity index (χ2n) is 5.48. The van der Waals surface area contributed by atoms with Crippen molar-refractivity contribution in [2.24, 2.45) is 5.92 Å². The molecule has 1 aliphatic heterocycles. The minimum Gasteiger partial charge on any atom is -0.383 e. The monoisotopic (exact) mass is 263 g/mol. The summed E-state index contributed by atoms with van der Waals surface area (Å²) in [6.07, 6.45) is 1.23. The van der Waals surface area contributed by atoms with Gasteiger partial charge < -0.3 is 9.47 Å². The molecule has 0 bridgehead atoms. The number of hydrogen-bond donors (Lipinski definition) is 0. The highest BCUT2D eigenvalue weighted by molar-refractivity contribution is 5.13. The Morgan fingerprint density at radius 2 is 2.05 bits per heavy atom. The maximum absolute atomic E-state index is 5.88. The molecule has 0 aliphatic carbocycles. The SMILES string of the molecule is COCCN1CC(C)C[C@H]1COCc1ccccc1. The zero-order valence-corrected chi connectivity index (χ0v) is 12.0. The first kappa shape index (κ1) is 14.5. The van der Waals surface area contributed by atoms with Gasteiger partial charge in [-0.2, -0.15) is 0 Å². The van der Waals surface area contributed by atoms with Crippen LogP contribution in [0.15, 0.2) is 30.3 Å². The summed E-state index contributed by atoms with van der Waals surface area (Å²) >= 11 is 0. The second-order valence-corrected chi connectivity index (χ2v) is 5.48. The molecule has 3 nitrogen and oxygen atoms in total. The van der Waals surface area contributed by atoms with Crippen LogP contribution in [0.3, 0.4) is 0 Å². The van der Waals surface area contributed by atoms with Crippen molar-refractivity contribution in [1.82, 2.24) is 4.90 Å². The highest BCUT2D eigenvalue weighted by Crippen LogP contribution is 2.22. The Morgan fingerprint density at radius 3 is 2.79 bits per heavy atom. The number of methoxy groups -OCH3 is 1. The van der Waals surface area contributed by atoms with E-state index >= 15 is 0 Å². The van der Waals surface area contributed by atoms with E-state index in [0.29, 0.717) is 12.6 Å². The van der Waals surface area contributed by atoms with Crippen molar-refractivity contribution in [2.75, 3.05) is 33.4 Å². The first-order valence-corrected chi connectivity index (χ1v) is 7.14. The van der Waals surface area contributed by atoms with E-state index in [1.807, 2.05) is 6.07 Å². The fraction of sp³-hybridized carbons (Fsp3) is 0.625. The van der Waals surface area contributed by atoms with E-state index in [4.69, 9.17) is 9.47 Å². The maximum Gasteiger partial charge on any atom is 0.0717 e. The molecule has 106 valence electrons. The minimum atomic E-state index is 0.550. The van der Waals surface area contributed by atoms with E-state index in [9.17, 15) is 0 Å². The van der Waals surface area contributed by atoms with Gasteiger partial charge in [0.1, 0.15) is 0 Å². The minimum absolute atomic E-state index is 0.550. The third-order valence-corrected chi connectivity index (χ3v) is 3.74. The van der Waals surface area contributed by atoms with E-state index < -0.39 is 0 Å². The summed E-state index contributed by atoms with van der Waals surface area (Å²) in [5.41, 5.74) is 1.25. The van der Waals surface area contributed by atoms with Crippen molar-refractivity contribution in [1.29, 1.82) is 0 Å². The zero-order valence-electron chi connectivity index (χ0n) is 12.0. The highest BCUT2D eigenvalue weighted by Gasteiger charge is 2.29. The van der Waals surface area contributed by atoms with Gasteiger partial charge in [-0.3, -0.25) is 4.90 Å². The van der Waals surface area contributed by atoms with Gasteiger partial charge in [0.05, 0.1) is 19.8 Å². The van der Waals surface area contributed by atoms with Gasteiger partial charge in [-0.15, -0.1) is 0 Å². The van der Waals surface area contributed by atoms with Gasteiger partial charge in [0.25, 0.3) is 0 Å². The van der Waals surface area contributed by atoms with E-state index in [2.05, 4.69) is 36.1 Å². The van der Waals surface area contributed by atoms with Crippen molar-refractivity contribution in [3.63, 3.8) is 0 Å². The lowest BCUT2D eigenvalue weighted by molar-refractivity contribution is 0.0561. The van der Waals surface area contributed by atoms with Crippen molar-refractivity contribution >= 4 is 0 Å². The third kappa shape index (κ3) is 4.60. The van der Waals surface area contributed by atoms with Gasteiger partial charge in [-0.25, -0.2) is 0 Å². The molecule has 0 spiro atoms. The molecule has 1 fully saturated rings. The standard InChI is InChI=1S/C16H25NO2/c1-14-10-16(17(11-14)8-9-18-2)13-19-12-15-6-4-3-5-7-15/h3-7,14,16H,8-13H2,1-2H3/t14?,16-/m0/s1. The Morgan fingerprint density at radius 1 is 1.26 bits per heavy atom. The number of hydrogen-bond acceptors (Lipinski definition) is 3. The Hall–Kier alpha value is -0.900. The topological polar surface area (TPSA) is 21.7 Å². The maximum atomic E-state index is 5.88. The fourth-order valence-electron chi connectivity index (χ4n) is 2.78. The zero-order chi connectivity index (χ0) is 13.5. The van der Waals surface area contributed by atoms with Gasteiger partial charge in [0, 0.05) is 26.2 Å². The molecule has 1 heterocycles. The smallest absolute Gasteiger partial charge is 0.0717 e. The average Bonchev–Trinajstić information content (AvgIpc) is 2.78. The van der Waals surface area contributed by atoms with Crippen LogP contribution in [0.25, 0.3) is 0 Å². The summed E-state index contributed by atoms with van der Waals surface area (Å²) in [6.45, 7) is 6.84. The van der Waals surface area contributed by atoms with Gasteiger partial charge in [-0.1, -0.05) is 37.3 Å². The van der Waals surface area contributed by atoms with Crippen LogP contribution in [0.4, 0.5) is 0 Å². The van der Waals surface area contributed by atoms with E-state index in [1.54, 1.807) is 7.11 Å². The van der Waals surface area contributed by atoms with Gasteiger partial charge in [-0.05, 0) is 17.9 Å². The molecule has 1 aromatic rings. The normalized spacial score (nSPS) is 23.9. The molecule has 2 atom stereocenters. The molecule has 2 rings (SSSR count). The van der Waals surface area contributed by atoms with E-state index in [-0.39, 0.29) is 0 Å². The molecule has 1 unspecified atom stereocenters. The molecule has 3 heteroatoms. The van der Waals surface area contributed by atoms with Crippen LogP contribution >= 0.6 is 0 Å². The number of nitrogens with zero attached hydrogens (tertiary/aromatic N) is 1. The van der Waals surface area contributed by atoms with Gasteiger partial charge in [0.2, 0.25) is 0 Å². The molecule has 19 heavy (non-hydrogen) atoms.